The quantitative estimate of drug-likeness (QED) is 0.843. The van der Waals surface area contributed by atoms with E-state index in [0.717, 1.165) is 12.1 Å². The predicted molar refractivity (Wildman–Crippen MR) is 83.9 cm³/mol. The highest BCUT2D eigenvalue weighted by atomic mass is 79.9. The highest BCUT2D eigenvalue weighted by Gasteiger charge is 2.27. The molecule has 0 aliphatic carbocycles. The van der Waals surface area contributed by atoms with Crippen LogP contribution < -0.4 is 10.5 Å². The molecule has 0 saturated carbocycles. The van der Waals surface area contributed by atoms with Gasteiger partial charge in [-0.1, -0.05) is 34.1 Å². The number of hydrogen-bond acceptors (Lipinski definition) is 4. The van der Waals surface area contributed by atoms with Crippen molar-refractivity contribution in [2.75, 3.05) is 0 Å². The average Bonchev–Trinajstić information content (AvgIpc) is 2.49. The van der Waals surface area contributed by atoms with Gasteiger partial charge < -0.3 is 5.73 Å². The highest BCUT2D eigenvalue weighted by Crippen LogP contribution is 2.26. The molecule has 2 aromatic carbocycles. The maximum Gasteiger partial charge on any atom is 0.264 e. The van der Waals surface area contributed by atoms with Crippen molar-refractivity contribution in [3.8, 4) is 0 Å². The van der Waals surface area contributed by atoms with Crippen LogP contribution in [0.2, 0.25) is 0 Å². The summed E-state index contributed by atoms with van der Waals surface area (Å²) in [6.07, 6.45) is 0. The molecule has 2 rings (SSSR count). The molecule has 1 amide bonds. The second-order valence-corrected chi connectivity index (χ2v) is 7.09. The molecule has 0 radical (unpaired) electrons. The van der Waals surface area contributed by atoms with Crippen LogP contribution in [0.4, 0.5) is 4.39 Å². The van der Waals surface area contributed by atoms with Crippen LogP contribution >= 0.6 is 15.9 Å². The Bertz CT molecular complexity index is 797. The Morgan fingerprint density at radius 3 is 2.45 bits per heavy atom. The van der Waals surface area contributed by atoms with Gasteiger partial charge in [0.25, 0.3) is 15.9 Å². The fourth-order valence-electron chi connectivity index (χ4n) is 1.74. The highest BCUT2D eigenvalue weighted by molar-refractivity contribution is 9.10. The van der Waals surface area contributed by atoms with Crippen LogP contribution in [0.5, 0.6) is 0 Å². The zero-order chi connectivity index (χ0) is 16.3. The van der Waals surface area contributed by atoms with Gasteiger partial charge in [0.05, 0.1) is 0 Å². The molecular weight excluding hydrogens is 375 g/mol. The molecule has 0 spiro atoms. The average molecular weight is 387 g/mol. The van der Waals surface area contributed by atoms with Gasteiger partial charge in [-0.3, -0.25) is 4.79 Å². The normalized spacial score (nSPS) is 12.7. The van der Waals surface area contributed by atoms with Crippen molar-refractivity contribution in [2.45, 2.75) is 5.37 Å². The van der Waals surface area contributed by atoms with E-state index in [1.54, 1.807) is 18.2 Å². The Labute approximate surface area is 135 Å². The fraction of sp³-hybridized carbons (Fsp3) is 0.0714. The summed E-state index contributed by atoms with van der Waals surface area (Å²) >= 11 is 3.11. The molecule has 1 unspecified atom stereocenters. The molecule has 3 N–H and O–H groups in total. The number of carbonyl (C=O) groups excluding carboxylic acids is 1. The molecule has 8 heteroatoms. The topological polar surface area (TPSA) is 89.3 Å². The van der Waals surface area contributed by atoms with E-state index in [1.165, 1.54) is 18.2 Å². The van der Waals surface area contributed by atoms with Gasteiger partial charge in [0.15, 0.2) is 5.37 Å². The Morgan fingerprint density at radius 2 is 1.82 bits per heavy atom. The fourth-order valence-corrected chi connectivity index (χ4v) is 3.42. The van der Waals surface area contributed by atoms with E-state index in [4.69, 9.17) is 5.73 Å². The summed E-state index contributed by atoms with van der Waals surface area (Å²) in [6.45, 7) is 0. The third-order valence-electron chi connectivity index (χ3n) is 2.87. The number of hydrogen-bond donors (Lipinski definition) is 2. The Balaban J connectivity index is 2.26. The second kappa shape index (κ2) is 6.55. The van der Waals surface area contributed by atoms with Gasteiger partial charge in [0, 0.05) is 15.6 Å². The van der Waals surface area contributed by atoms with E-state index in [2.05, 4.69) is 15.9 Å². The summed E-state index contributed by atoms with van der Waals surface area (Å²) in [7, 11) is -4.22. The number of halogens is 2. The van der Waals surface area contributed by atoms with Crippen LogP contribution in [0.1, 0.15) is 21.3 Å². The monoisotopic (exact) mass is 386 g/mol. The number of rotatable bonds is 4. The number of nitrogens with two attached hydrogens (primary N) is 1. The zero-order valence-electron chi connectivity index (χ0n) is 11.2. The number of amides is 1. The van der Waals surface area contributed by atoms with Gasteiger partial charge in [0.1, 0.15) is 5.82 Å². The second-order valence-electron chi connectivity index (χ2n) is 4.43. The van der Waals surface area contributed by atoms with Crippen molar-refractivity contribution < 1.29 is 17.6 Å². The molecule has 0 aromatic heterocycles. The van der Waals surface area contributed by atoms with Crippen molar-refractivity contribution in [1.29, 1.82) is 0 Å². The molecule has 2 aromatic rings. The van der Waals surface area contributed by atoms with Crippen molar-refractivity contribution in [2.24, 2.45) is 5.73 Å². The Kier molecular flexibility index (Phi) is 4.94. The lowest BCUT2D eigenvalue weighted by molar-refractivity contribution is 0.0981. The summed E-state index contributed by atoms with van der Waals surface area (Å²) in [6, 6.07) is 11.3. The molecule has 1 atom stereocenters. The molecule has 116 valence electrons. The summed E-state index contributed by atoms with van der Waals surface area (Å²) in [5, 5.41) is -1.59. The lowest BCUT2D eigenvalue weighted by Gasteiger charge is -2.15. The smallest absolute Gasteiger partial charge is 0.264 e. The van der Waals surface area contributed by atoms with Crippen LogP contribution in [0.3, 0.4) is 0 Å². The zero-order valence-corrected chi connectivity index (χ0v) is 13.6. The number of sulfonamides is 1. The Morgan fingerprint density at radius 1 is 1.18 bits per heavy atom. The van der Waals surface area contributed by atoms with Gasteiger partial charge >= 0.3 is 0 Å². The predicted octanol–water partition coefficient (Wildman–Crippen LogP) is 2.31. The SMILES string of the molecule is NC(c1cc(F)ccc1Br)S(=O)(=O)NC(=O)c1ccccc1. The summed E-state index contributed by atoms with van der Waals surface area (Å²) in [4.78, 5) is 11.9. The molecule has 0 bridgehead atoms. The van der Waals surface area contributed by atoms with Gasteiger partial charge in [-0.2, -0.15) is 0 Å². The van der Waals surface area contributed by atoms with Crippen molar-refractivity contribution in [3.63, 3.8) is 0 Å². The minimum absolute atomic E-state index is 0.0216. The van der Waals surface area contributed by atoms with E-state index >= 15 is 0 Å². The third-order valence-corrected chi connectivity index (χ3v) is 4.98. The third kappa shape index (κ3) is 3.70. The first-order valence-corrected chi connectivity index (χ1v) is 8.47. The molecule has 0 saturated heterocycles. The number of carbonyl (C=O) groups is 1. The van der Waals surface area contributed by atoms with Gasteiger partial charge in [0.2, 0.25) is 0 Å². The van der Waals surface area contributed by atoms with Crippen molar-refractivity contribution >= 4 is 31.9 Å². The lowest BCUT2D eigenvalue weighted by Crippen LogP contribution is -2.38. The maximum absolute atomic E-state index is 13.3. The van der Waals surface area contributed by atoms with Crippen LogP contribution in [-0.2, 0) is 10.0 Å². The molecule has 0 aliphatic rings. The first-order valence-electron chi connectivity index (χ1n) is 6.13. The molecule has 22 heavy (non-hydrogen) atoms. The minimum Gasteiger partial charge on any atom is -0.310 e. The summed E-state index contributed by atoms with van der Waals surface area (Å²) in [5.74, 6) is -1.43. The molecule has 0 heterocycles. The van der Waals surface area contributed by atoms with Crippen molar-refractivity contribution in [1.82, 2.24) is 4.72 Å². The van der Waals surface area contributed by atoms with Crippen LogP contribution in [0, 0.1) is 5.82 Å². The molecule has 0 aliphatic heterocycles. The van der Waals surface area contributed by atoms with Gasteiger partial charge in [-0.05, 0) is 30.3 Å². The number of benzene rings is 2. The van der Waals surface area contributed by atoms with Crippen LogP contribution in [-0.4, -0.2) is 14.3 Å². The van der Waals surface area contributed by atoms with E-state index in [9.17, 15) is 17.6 Å². The first kappa shape index (κ1) is 16.6. The number of nitrogens with one attached hydrogen (secondary N) is 1. The maximum atomic E-state index is 13.3. The molecular formula is C14H12BrFN2O3S. The summed E-state index contributed by atoms with van der Waals surface area (Å²) < 4.78 is 39.8. The largest absolute Gasteiger partial charge is 0.310 e. The first-order chi connectivity index (χ1) is 10.3. The summed E-state index contributed by atoms with van der Waals surface area (Å²) in [5.41, 5.74) is 5.87. The van der Waals surface area contributed by atoms with Gasteiger partial charge in [-0.25, -0.2) is 17.5 Å². The Hall–Kier alpha value is -1.77. The van der Waals surface area contributed by atoms with E-state index in [-0.39, 0.29) is 11.1 Å². The van der Waals surface area contributed by atoms with Crippen molar-refractivity contribution in [3.05, 3.63) is 69.9 Å². The molecule has 0 fully saturated rings. The van der Waals surface area contributed by atoms with E-state index < -0.39 is 27.1 Å². The molecule has 5 nitrogen and oxygen atoms in total. The van der Waals surface area contributed by atoms with E-state index in [0.29, 0.717) is 4.47 Å². The van der Waals surface area contributed by atoms with Gasteiger partial charge in [-0.15, -0.1) is 0 Å². The van der Waals surface area contributed by atoms with Crippen LogP contribution in [0.25, 0.3) is 0 Å². The van der Waals surface area contributed by atoms with E-state index in [1.807, 2.05) is 4.72 Å². The standard InChI is InChI=1S/C14H12BrFN2O3S/c15-12-7-6-10(16)8-11(12)13(17)22(20,21)18-14(19)9-4-2-1-3-5-9/h1-8,13H,17H2,(H,18,19). The minimum atomic E-state index is -4.22. The van der Waals surface area contributed by atoms with Crippen LogP contribution in [0.15, 0.2) is 53.0 Å². The lowest BCUT2D eigenvalue weighted by atomic mass is 10.2.